The molecule has 4 atom stereocenters. The summed E-state index contributed by atoms with van der Waals surface area (Å²) < 4.78 is 26.4. The van der Waals surface area contributed by atoms with Crippen molar-refractivity contribution in [3.8, 4) is 5.75 Å². The van der Waals surface area contributed by atoms with Crippen molar-refractivity contribution in [2.75, 3.05) is 11.9 Å². The van der Waals surface area contributed by atoms with Crippen LogP contribution in [-0.2, 0) is 20.4 Å². The van der Waals surface area contributed by atoms with Crippen LogP contribution in [0.3, 0.4) is 0 Å². The molecule has 3 heterocycles. The number of H-pyrrole nitrogens is 1. The number of ether oxygens (including phenoxy) is 2. The molecule has 0 amide bonds. The van der Waals surface area contributed by atoms with Crippen molar-refractivity contribution < 1.29 is 38.6 Å². The smallest absolute Gasteiger partial charge is 0.462 e. The Morgan fingerprint density at radius 1 is 1.16 bits per heavy atom. The highest BCUT2D eigenvalue weighted by atomic mass is 31.2. The van der Waals surface area contributed by atoms with E-state index in [1.54, 1.807) is 24.3 Å². The van der Waals surface area contributed by atoms with E-state index in [-0.39, 0.29) is 0 Å². The lowest BCUT2D eigenvalue weighted by Crippen LogP contribution is -2.36. The molecule has 1 unspecified atom stereocenters. The van der Waals surface area contributed by atoms with Crippen molar-refractivity contribution in [2.45, 2.75) is 31.1 Å². The number of imidazole rings is 1. The van der Waals surface area contributed by atoms with Gasteiger partial charge in [0.15, 0.2) is 11.5 Å². The number of para-hydroxylation sites is 1. The zero-order valence-electron chi connectivity index (χ0n) is 15.9. The molecule has 0 aliphatic carbocycles. The first-order valence-electron chi connectivity index (χ1n) is 9.16. The summed E-state index contributed by atoms with van der Waals surface area (Å²) in [5.74, 6) is 0.914. The lowest BCUT2D eigenvalue weighted by atomic mass is 10.1. The molecule has 4 rings (SSSR count). The third-order valence-electron chi connectivity index (χ3n) is 4.61. The number of aliphatic hydroxyl groups is 2. The lowest BCUT2D eigenvalue weighted by molar-refractivity contribution is -0.116. The molecule has 1 aromatic carbocycles. The molecule has 2 aromatic heterocycles. The van der Waals surface area contributed by atoms with Gasteiger partial charge in [0.25, 0.3) is 0 Å². The number of hydrogen-bond donors (Lipinski definition) is 6. The van der Waals surface area contributed by atoms with Gasteiger partial charge in [-0.15, -0.1) is 0 Å². The summed E-state index contributed by atoms with van der Waals surface area (Å²) in [5.41, 5.74) is 1.86. The average molecular weight is 453 g/mol. The minimum Gasteiger partial charge on any atom is -0.462 e. The van der Waals surface area contributed by atoms with Gasteiger partial charge in [0.1, 0.15) is 35.9 Å². The third-order valence-corrected chi connectivity index (χ3v) is 5.10. The van der Waals surface area contributed by atoms with E-state index in [1.165, 1.54) is 12.7 Å². The highest BCUT2D eigenvalue weighted by molar-refractivity contribution is 7.46. The van der Waals surface area contributed by atoms with Crippen LogP contribution >= 0.6 is 7.82 Å². The monoisotopic (exact) mass is 453 g/mol. The summed E-state index contributed by atoms with van der Waals surface area (Å²) in [4.78, 5) is 32.9. The summed E-state index contributed by atoms with van der Waals surface area (Å²) in [6, 6.07) is 6.97. The summed E-state index contributed by atoms with van der Waals surface area (Å²) >= 11 is 0. The molecule has 1 fully saturated rings. The maximum absolute atomic E-state index is 10.9. The molecule has 31 heavy (non-hydrogen) atoms. The second-order valence-electron chi connectivity index (χ2n) is 6.71. The van der Waals surface area contributed by atoms with Gasteiger partial charge in [-0.2, -0.15) is 0 Å². The number of phosphoric ester groups is 1. The van der Waals surface area contributed by atoms with Crippen LogP contribution < -0.4 is 10.1 Å². The van der Waals surface area contributed by atoms with E-state index in [2.05, 4.69) is 29.8 Å². The minimum atomic E-state index is -4.75. The Kier molecular flexibility index (Phi) is 6.16. The number of hydrogen-bond acceptors (Lipinski definition) is 10. The van der Waals surface area contributed by atoms with E-state index in [0.717, 1.165) is 0 Å². The summed E-state index contributed by atoms with van der Waals surface area (Å²) in [5, 5.41) is 23.5. The number of nitrogens with one attached hydrogen (secondary N) is 2. The molecule has 1 saturated heterocycles. The number of aromatic nitrogens is 4. The van der Waals surface area contributed by atoms with Crippen molar-refractivity contribution in [3.05, 3.63) is 42.5 Å². The molecule has 6 N–H and O–H groups in total. The van der Waals surface area contributed by atoms with Gasteiger partial charge in [-0.25, -0.2) is 19.5 Å². The Bertz CT molecular complexity index is 1090. The standard InChI is InChI=1S/C17H20N5O8P/c23-13-11(6-28-31(25,26)27)30-17(14(13)24)29-10-4-2-1-3-9(10)5-18-15-12-16(20-7-19-12)22-8-21-15/h1-4,7-8,11,13-14,17,23-24H,5-6H2,(H2,25,26,27)(H2,18,19,20,21,22)/t11-,13-,14-,17?/m1/s1. The van der Waals surface area contributed by atoms with Crippen molar-refractivity contribution in [1.82, 2.24) is 19.9 Å². The average Bonchev–Trinajstić information content (AvgIpc) is 3.32. The Labute approximate surface area is 175 Å². The molecule has 0 spiro atoms. The molecule has 13 nitrogen and oxygen atoms in total. The third kappa shape index (κ3) is 4.99. The molecular weight excluding hydrogens is 433 g/mol. The van der Waals surface area contributed by atoms with Gasteiger partial charge in [0.05, 0.1) is 12.9 Å². The number of fused-ring (bicyclic) bond motifs is 1. The molecular formula is C17H20N5O8P. The van der Waals surface area contributed by atoms with E-state index in [9.17, 15) is 14.8 Å². The van der Waals surface area contributed by atoms with Crippen molar-refractivity contribution in [3.63, 3.8) is 0 Å². The second-order valence-corrected chi connectivity index (χ2v) is 7.95. The SMILES string of the molecule is O=P(O)(O)OC[C@H]1OC(Oc2ccccc2CNc2ncnc3nc[nH]c23)[C@H](O)[C@@H]1O. The maximum Gasteiger partial charge on any atom is 0.469 e. The van der Waals surface area contributed by atoms with Crippen molar-refractivity contribution in [1.29, 1.82) is 0 Å². The highest BCUT2D eigenvalue weighted by Gasteiger charge is 2.45. The maximum atomic E-state index is 10.9. The second kappa shape index (κ2) is 8.85. The van der Waals surface area contributed by atoms with E-state index in [1.807, 2.05) is 0 Å². The fraction of sp³-hybridized carbons (Fsp3) is 0.353. The predicted molar refractivity (Wildman–Crippen MR) is 105 cm³/mol. The van der Waals surface area contributed by atoms with E-state index in [4.69, 9.17) is 19.3 Å². The van der Waals surface area contributed by atoms with Gasteiger partial charge in [0, 0.05) is 12.1 Å². The number of aromatic amines is 1. The Hall–Kier alpha value is -2.64. The zero-order chi connectivity index (χ0) is 22.0. The van der Waals surface area contributed by atoms with Gasteiger partial charge in [-0.05, 0) is 6.07 Å². The molecule has 0 saturated carbocycles. The van der Waals surface area contributed by atoms with Crippen LogP contribution in [0, 0.1) is 0 Å². The summed E-state index contributed by atoms with van der Waals surface area (Å²) in [7, 11) is -4.75. The topological polar surface area (TPSA) is 192 Å². The molecule has 1 aliphatic rings. The zero-order valence-corrected chi connectivity index (χ0v) is 16.8. The minimum absolute atomic E-state index is 0.303. The number of rotatable bonds is 8. The Balaban J connectivity index is 1.44. The van der Waals surface area contributed by atoms with Crippen LogP contribution in [0.25, 0.3) is 11.2 Å². The van der Waals surface area contributed by atoms with Crippen LogP contribution in [0.15, 0.2) is 36.9 Å². The molecule has 0 bridgehead atoms. The van der Waals surface area contributed by atoms with Gasteiger partial charge >= 0.3 is 7.82 Å². The lowest BCUT2D eigenvalue weighted by Gasteiger charge is -2.19. The summed E-state index contributed by atoms with van der Waals surface area (Å²) in [6.07, 6.45) is -2.43. The van der Waals surface area contributed by atoms with Crippen LogP contribution in [0.2, 0.25) is 0 Å². The largest absolute Gasteiger partial charge is 0.469 e. The van der Waals surface area contributed by atoms with Gasteiger partial charge in [-0.3, -0.25) is 4.52 Å². The quantitative estimate of drug-likeness (QED) is 0.249. The van der Waals surface area contributed by atoms with E-state index in [0.29, 0.717) is 34.8 Å². The van der Waals surface area contributed by atoms with E-state index < -0.39 is 39.0 Å². The Morgan fingerprint density at radius 2 is 1.97 bits per heavy atom. The fourth-order valence-electron chi connectivity index (χ4n) is 3.09. The number of aliphatic hydroxyl groups excluding tert-OH is 2. The molecule has 14 heteroatoms. The van der Waals surface area contributed by atoms with E-state index >= 15 is 0 Å². The first-order valence-corrected chi connectivity index (χ1v) is 10.7. The van der Waals surface area contributed by atoms with Gasteiger partial charge in [-0.1, -0.05) is 18.2 Å². The fourth-order valence-corrected chi connectivity index (χ4v) is 3.43. The van der Waals surface area contributed by atoms with Crippen LogP contribution in [0.1, 0.15) is 5.56 Å². The number of nitrogens with zero attached hydrogens (tertiary/aromatic N) is 3. The number of anilines is 1. The highest BCUT2D eigenvalue weighted by Crippen LogP contribution is 2.37. The number of benzene rings is 1. The normalized spacial score (nSPS) is 23.9. The summed E-state index contributed by atoms with van der Waals surface area (Å²) in [6.45, 7) is -0.309. The van der Waals surface area contributed by atoms with Gasteiger partial charge < -0.3 is 39.8 Å². The molecule has 3 aromatic rings. The first kappa shape index (κ1) is 21.6. The van der Waals surface area contributed by atoms with Crippen LogP contribution in [-0.4, -0.2) is 71.1 Å². The van der Waals surface area contributed by atoms with Crippen LogP contribution in [0.4, 0.5) is 5.82 Å². The Morgan fingerprint density at radius 3 is 2.77 bits per heavy atom. The van der Waals surface area contributed by atoms with Gasteiger partial charge in [0.2, 0.25) is 6.29 Å². The number of phosphoric acid groups is 1. The molecule has 166 valence electrons. The van der Waals surface area contributed by atoms with Crippen LogP contribution in [0.5, 0.6) is 5.75 Å². The van der Waals surface area contributed by atoms with Crippen molar-refractivity contribution >= 4 is 24.8 Å². The first-order chi connectivity index (χ1) is 14.8. The molecule has 1 aliphatic heterocycles. The molecule has 0 radical (unpaired) electrons. The van der Waals surface area contributed by atoms with Crippen molar-refractivity contribution in [2.24, 2.45) is 0 Å². The predicted octanol–water partition coefficient (Wildman–Crippen LogP) is -0.100.